The van der Waals surface area contributed by atoms with Crippen molar-refractivity contribution < 1.29 is 4.79 Å². The van der Waals surface area contributed by atoms with Crippen LogP contribution in [-0.4, -0.2) is 27.9 Å². The predicted molar refractivity (Wildman–Crippen MR) is 102 cm³/mol. The maximum atomic E-state index is 12.5. The fraction of sp³-hybridized carbons (Fsp3) is 0.111. The molecule has 2 aromatic heterocycles. The van der Waals surface area contributed by atoms with Gasteiger partial charge in [0.25, 0.3) is 5.91 Å². The Hall–Kier alpha value is -3.19. The van der Waals surface area contributed by atoms with Gasteiger partial charge in [-0.3, -0.25) is 9.78 Å². The van der Waals surface area contributed by atoms with Crippen molar-refractivity contribution in [2.75, 3.05) is 23.0 Å². The highest BCUT2D eigenvalue weighted by atomic mass is 35.5. The number of anilines is 3. The minimum Gasteiger partial charge on any atom is -0.368 e. The number of hydrogen-bond acceptors (Lipinski definition) is 6. The van der Waals surface area contributed by atoms with Gasteiger partial charge in [0, 0.05) is 43.3 Å². The van der Waals surface area contributed by atoms with Crippen LogP contribution in [0.15, 0.2) is 54.9 Å². The van der Waals surface area contributed by atoms with Gasteiger partial charge < -0.3 is 16.0 Å². The molecule has 0 fully saturated rings. The van der Waals surface area contributed by atoms with Gasteiger partial charge >= 0.3 is 0 Å². The van der Waals surface area contributed by atoms with E-state index in [4.69, 9.17) is 17.3 Å². The molecule has 0 radical (unpaired) electrons. The monoisotopic (exact) mass is 368 g/mol. The van der Waals surface area contributed by atoms with Gasteiger partial charge in [-0.1, -0.05) is 23.7 Å². The van der Waals surface area contributed by atoms with E-state index in [2.05, 4.69) is 20.3 Å². The molecule has 0 bridgehead atoms. The van der Waals surface area contributed by atoms with Crippen LogP contribution in [0.2, 0.25) is 5.15 Å². The van der Waals surface area contributed by atoms with Crippen LogP contribution in [0, 0.1) is 0 Å². The van der Waals surface area contributed by atoms with Crippen molar-refractivity contribution in [2.45, 2.75) is 6.54 Å². The number of nitrogens with one attached hydrogen (secondary N) is 1. The second-order valence-corrected chi connectivity index (χ2v) is 5.94. The maximum absolute atomic E-state index is 12.5. The third-order valence-corrected chi connectivity index (χ3v) is 3.93. The van der Waals surface area contributed by atoms with Crippen LogP contribution in [0.25, 0.3) is 0 Å². The number of halogens is 1. The van der Waals surface area contributed by atoms with Crippen LogP contribution in [0.3, 0.4) is 0 Å². The van der Waals surface area contributed by atoms with Gasteiger partial charge in [0.1, 0.15) is 11.0 Å². The average Bonchev–Trinajstić information content (AvgIpc) is 2.65. The Balaban J connectivity index is 1.65. The van der Waals surface area contributed by atoms with Gasteiger partial charge in [-0.2, -0.15) is 4.98 Å². The highest BCUT2D eigenvalue weighted by Crippen LogP contribution is 2.18. The Morgan fingerprint density at radius 2 is 1.85 bits per heavy atom. The molecule has 7 nitrogen and oxygen atoms in total. The Morgan fingerprint density at radius 1 is 1.15 bits per heavy atom. The Kier molecular flexibility index (Phi) is 5.28. The van der Waals surface area contributed by atoms with Crippen molar-refractivity contribution in [2.24, 2.45) is 0 Å². The van der Waals surface area contributed by atoms with Crippen LogP contribution in [0.5, 0.6) is 0 Å². The molecular formula is C18H17ClN6O. The van der Waals surface area contributed by atoms with Crippen LogP contribution >= 0.6 is 11.6 Å². The summed E-state index contributed by atoms with van der Waals surface area (Å²) in [5.41, 5.74) is 7.98. The van der Waals surface area contributed by atoms with E-state index in [0.29, 0.717) is 17.9 Å². The number of carbonyl (C=O) groups excluding carboxylic acids is 1. The first-order valence-corrected chi connectivity index (χ1v) is 8.21. The quantitative estimate of drug-likeness (QED) is 0.672. The number of pyridine rings is 1. The summed E-state index contributed by atoms with van der Waals surface area (Å²) < 4.78 is 0. The lowest BCUT2D eigenvalue weighted by atomic mass is 10.1. The average molecular weight is 369 g/mol. The third kappa shape index (κ3) is 4.25. The smallest absolute Gasteiger partial charge is 0.258 e. The molecule has 26 heavy (non-hydrogen) atoms. The Labute approximate surface area is 155 Å². The fourth-order valence-electron chi connectivity index (χ4n) is 2.36. The molecule has 0 saturated carbocycles. The highest BCUT2D eigenvalue weighted by Gasteiger charge is 2.13. The normalized spacial score (nSPS) is 10.4. The molecule has 0 aliphatic carbocycles. The van der Waals surface area contributed by atoms with Crippen LogP contribution in [0.4, 0.5) is 17.5 Å². The lowest BCUT2D eigenvalue weighted by Crippen LogP contribution is -2.26. The minimum atomic E-state index is -0.0932. The summed E-state index contributed by atoms with van der Waals surface area (Å²) in [6, 6.07) is 12.6. The van der Waals surface area contributed by atoms with Crippen molar-refractivity contribution in [3.63, 3.8) is 0 Å². The first-order chi connectivity index (χ1) is 12.5. The van der Waals surface area contributed by atoms with Crippen molar-refractivity contribution >= 4 is 35.0 Å². The zero-order valence-corrected chi connectivity index (χ0v) is 14.8. The Morgan fingerprint density at radius 3 is 2.50 bits per heavy atom. The summed E-state index contributed by atoms with van der Waals surface area (Å²) in [5.74, 6) is 0.576. The van der Waals surface area contributed by atoms with Gasteiger partial charge in [-0.25, -0.2) is 4.98 Å². The first kappa shape index (κ1) is 17.6. The summed E-state index contributed by atoms with van der Waals surface area (Å²) in [4.78, 5) is 25.8. The van der Waals surface area contributed by atoms with E-state index in [-0.39, 0.29) is 17.0 Å². The number of nitrogen functional groups attached to an aromatic ring is 1. The second-order valence-electron chi connectivity index (χ2n) is 5.55. The lowest BCUT2D eigenvalue weighted by Gasteiger charge is -2.18. The molecule has 0 atom stereocenters. The van der Waals surface area contributed by atoms with E-state index in [1.807, 2.05) is 24.3 Å². The summed E-state index contributed by atoms with van der Waals surface area (Å²) in [6.45, 7) is 0.537. The van der Waals surface area contributed by atoms with Gasteiger partial charge in [-0.15, -0.1) is 0 Å². The molecule has 0 unspecified atom stereocenters. The van der Waals surface area contributed by atoms with Crippen molar-refractivity contribution in [1.82, 2.24) is 15.0 Å². The number of nitrogens with zero attached hydrogens (tertiary/aromatic N) is 4. The summed E-state index contributed by atoms with van der Waals surface area (Å²) in [7, 11) is 1.74. The zero-order valence-electron chi connectivity index (χ0n) is 14.1. The molecule has 3 rings (SSSR count). The van der Waals surface area contributed by atoms with E-state index in [1.54, 1.807) is 42.5 Å². The molecule has 1 amide bonds. The van der Waals surface area contributed by atoms with E-state index in [1.165, 1.54) is 0 Å². The molecule has 2 heterocycles. The first-order valence-electron chi connectivity index (χ1n) is 7.84. The predicted octanol–water partition coefficient (Wildman–Crippen LogP) is 3.00. The van der Waals surface area contributed by atoms with Crippen LogP contribution in [0.1, 0.15) is 15.9 Å². The number of amides is 1. The molecular weight excluding hydrogens is 352 g/mol. The molecule has 1 aromatic carbocycles. The van der Waals surface area contributed by atoms with Crippen molar-refractivity contribution in [1.29, 1.82) is 0 Å². The van der Waals surface area contributed by atoms with Gasteiger partial charge in [0.2, 0.25) is 5.95 Å². The van der Waals surface area contributed by atoms with Gasteiger partial charge in [0.05, 0.1) is 0 Å². The fourth-order valence-corrected chi connectivity index (χ4v) is 2.55. The lowest BCUT2D eigenvalue weighted by molar-refractivity contribution is 0.0993. The number of benzene rings is 1. The molecule has 132 valence electrons. The third-order valence-electron chi connectivity index (χ3n) is 3.74. The maximum Gasteiger partial charge on any atom is 0.258 e. The SMILES string of the molecule is CN(C(=O)c1ccncc1)c1ccc(CNc2cc(Cl)nc(N)n2)cc1. The van der Waals surface area contributed by atoms with E-state index < -0.39 is 0 Å². The largest absolute Gasteiger partial charge is 0.368 e. The highest BCUT2D eigenvalue weighted by molar-refractivity contribution is 6.29. The topological polar surface area (TPSA) is 97.0 Å². The number of aromatic nitrogens is 3. The summed E-state index contributed by atoms with van der Waals surface area (Å²) in [5, 5.41) is 3.42. The minimum absolute atomic E-state index is 0.0932. The molecule has 0 aliphatic rings. The van der Waals surface area contributed by atoms with Crippen molar-refractivity contribution in [3.05, 3.63) is 71.1 Å². The second kappa shape index (κ2) is 7.79. The van der Waals surface area contributed by atoms with E-state index >= 15 is 0 Å². The van der Waals surface area contributed by atoms with E-state index in [9.17, 15) is 4.79 Å². The van der Waals surface area contributed by atoms with Crippen LogP contribution < -0.4 is 16.0 Å². The number of rotatable bonds is 5. The molecule has 0 spiro atoms. The van der Waals surface area contributed by atoms with E-state index in [0.717, 1.165) is 11.3 Å². The molecule has 3 aromatic rings. The molecule has 0 saturated heterocycles. The van der Waals surface area contributed by atoms with Crippen LogP contribution in [-0.2, 0) is 6.54 Å². The molecule has 3 N–H and O–H groups in total. The number of nitrogens with two attached hydrogens (primary N) is 1. The van der Waals surface area contributed by atoms with Crippen molar-refractivity contribution in [3.8, 4) is 0 Å². The summed E-state index contributed by atoms with van der Waals surface area (Å²) >= 11 is 5.86. The standard InChI is InChI=1S/C18H17ClN6O/c1-25(17(26)13-6-8-21-9-7-13)14-4-2-12(3-5-14)11-22-16-10-15(19)23-18(20)24-16/h2-10H,11H2,1H3,(H3,20,22,23,24). The van der Waals surface area contributed by atoms with Gasteiger partial charge in [-0.05, 0) is 29.8 Å². The number of hydrogen-bond donors (Lipinski definition) is 2. The van der Waals surface area contributed by atoms with Gasteiger partial charge in [0.15, 0.2) is 0 Å². The number of carbonyl (C=O) groups is 1. The molecule has 0 aliphatic heterocycles. The zero-order chi connectivity index (χ0) is 18.5. The Bertz CT molecular complexity index is 881. The molecule has 8 heteroatoms. The summed E-state index contributed by atoms with van der Waals surface area (Å²) in [6.07, 6.45) is 3.20.